The Morgan fingerprint density at radius 2 is 1.95 bits per heavy atom. The van der Waals surface area contributed by atoms with Gasteiger partial charge in [0.1, 0.15) is 5.60 Å². The molecule has 5 aliphatic rings. The number of aliphatic hydroxyl groups is 1. The van der Waals surface area contributed by atoms with Crippen molar-refractivity contribution in [1.29, 1.82) is 0 Å². The van der Waals surface area contributed by atoms with E-state index in [0.717, 1.165) is 12.0 Å². The topological polar surface area (TPSA) is 47.9 Å². The fourth-order valence-electron chi connectivity index (χ4n) is 5.29. The monoisotopic (exact) mass is 288 g/mol. The third-order valence-electron chi connectivity index (χ3n) is 6.46. The highest BCUT2D eigenvalue weighted by molar-refractivity contribution is 5.32. The van der Waals surface area contributed by atoms with Gasteiger partial charge < -0.3 is 19.3 Å². The molecule has 3 saturated carbocycles. The Balaban J connectivity index is 1.55. The smallest absolute Gasteiger partial charge is 0.184 e. The molecule has 1 N–H and O–H groups in total. The summed E-state index contributed by atoms with van der Waals surface area (Å²) < 4.78 is 18.7. The van der Waals surface area contributed by atoms with E-state index in [9.17, 15) is 5.11 Å². The molecule has 4 heteroatoms. The van der Waals surface area contributed by atoms with Crippen molar-refractivity contribution in [3.63, 3.8) is 0 Å². The Morgan fingerprint density at radius 3 is 2.76 bits per heavy atom. The van der Waals surface area contributed by atoms with E-state index in [1.54, 1.807) is 0 Å². The zero-order valence-electron chi connectivity index (χ0n) is 12.1. The van der Waals surface area contributed by atoms with Crippen molar-refractivity contribution in [1.82, 2.24) is 0 Å². The molecule has 0 unspecified atom stereocenters. The van der Waals surface area contributed by atoms with Crippen molar-refractivity contribution < 1.29 is 19.3 Å². The predicted molar refractivity (Wildman–Crippen MR) is 74.5 cm³/mol. The fourth-order valence-corrected chi connectivity index (χ4v) is 5.29. The van der Waals surface area contributed by atoms with Crippen LogP contribution in [0.1, 0.15) is 31.6 Å². The summed E-state index contributed by atoms with van der Waals surface area (Å²) in [4.78, 5) is 0. The van der Waals surface area contributed by atoms with Crippen molar-refractivity contribution >= 4 is 0 Å². The Bertz CT molecular complexity index is 590. The molecule has 4 bridgehead atoms. The molecular formula is C17H20O4. The second-order valence-electron chi connectivity index (χ2n) is 7.26. The van der Waals surface area contributed by atoms with Gasteiger partial charge >= 0.3 is 0 Å². The van der Waals surface area contributed by atoms with Gasteiger partial charge in [0.15, 0.2) is 6.29 Å². The lowest BCUT2D eigenvalue weighted by Crippen LogP contribution is -2.80. The minimum Gasteiger partial charge on any atom is -0.393 e. The maximum atomic E-state index is 10.4. The first-order valence-corrected chi connectivity index (χ1v) is 7.77. The van der Waals surface area contributed by atoms with E-state index in [4.69, 9.17) is 14.2 Å². The lowest BCUT2D eigenvalue weighted by molar-refractivity contribution is -0.406. The first-order chi connectivity index (χ1) is 10.1. The van der Waals surface area contributed by atoms with Crippen LogP contribution in [0.5, 0.6) is 0 Å². The molecule has 3 aliphatic carbocycles. The highest BCUT2D eigenvalue weighted by Gasteiger charge is 2.84. The van der Waals surface area contributed by atoms with E-state index in [-0.39, 0.29) is 29.3 Å². The summed E-state index contributed by atoms with van der Waals surface area (Å²) >= 11 is 0. The van der Waals surface area contributed by atoms with Crippen LogP contribution in [0.15, 0.2) is 30.3 Å². The van der Waals surface area contributed by atoms with E-state index in [0.29, 0.717) is 19.6 Å². The Morgan fingerprint density at radius 1 is 1.14 bits per heavy atom. The lowest BCUT2D eigenvalue weighted by Gasteiger charge is -2.70. The number of aliphatic hydroxyl groups excluding tert-OH is 1. The number of benzene rings is 1. The number of rotatable bonds is 1. The molecular weight excluding hydrogens is 268 g/mol. The summed E-state index contributed by atoms with van der Waals surface area (Å²) in [5, 5.41) is 10.4. The van der Waals surface area contributed by atoms with Crippen LogP contribution in [0.3, 0.4) is 0 Å². The van der Waals surface area contributed by atoms with Gasteiger partial charge in [0.25, 0.3) is 0 Å². The van der Waals surface area contributed by atoms with E-state index in [1.165, 1.54) is 0 Å². The quantitative estimate of drug-likeness (QED) is 0.859. The molecule has 2 heterocycles. The molecule has 2 saturated heterocycles. The maximum absolute atomic E-state index is 10.4. The number of fused-ring (bicyclic) bond motifs is 1. The van der Waals surface area contributed by atoms with Crippen molar-refractivity contribution in [2.24, 2.45) is 11.3 Å². The van der Waals surface area contributed by atoms with Gasteiger partial charge in [0.05, 0.1) is 30.3 Å². The molecule has 1 aromatic rings. The molecule has 6 atom stereocenters. The summed E-state index contributed by atoms with van der Waals surface area (Å²) in [5.41, 5.74) is 0.227. The second kappa shape index (κ2) is 3.69. The van der Waals surface area contributed by atoms with Crippen LogP contribution in [-0.4, -0.2) is 35.6 Å². The van der Waals surface area contributed by atoms with Crippen LogP contribution in [0.4, 0.5) is 0 Å². The number of ether oxygens (including phenoxy) is 3. The van der Waals surface area contributed by atoms with Gasteiger partial charge in [-0.05, 0) is 13.3 Å². The van der Waals surface area contributed by atoms with Gasteiger partial charge in [-0.1, -0.05) is 30.3 Å². The summed E-state index contributed by atoms with van der Waals surface area (Å²) in [5.74, 6) is 0.254. The van der Waals surface area contributed by atoms with Crippen LogP contribution in [0.25, 0.3) is 0 Å². The molecule has 0 radical (unpaired) electrons. The minimum absolute atomic E-state index is 0.148. The first-order valence-electron chi connectivity index (χ1n) is 7.77. The van der Waals surface area contributed by atoms with Gasteiger partial charge in [0.2, 0.25) is 0 Å². The summed E-state index contributed by atoms with van der Waals surface area (Å²) in [7, 11) is 0. The third kappa shape index (κ3) is 1.23. The van der Waals surface area contributed by atoms with Gasteiger partial charge in [0, 0.05) is 17.9 Å². The molecule has 0 aromatic heterocycles. The zero-order chi connectivity index (χ0) is 14.3. The highest BCUT2D eigenvalue weighted by atomic mass is 16.7. The molecule has 5 fully saturated rings. The molecule has 6 rings (SSSR count). The summed E-state index contributed by atoms with van der Waals surface area (Å²) in [6.07, 6.45) is 0.939. The van der Waals surface area contributed by atoms with Crippen LogP contribution < -0.4 is 0 Å². The SMILES string of the molecule is C[C@]12C[C@@H](O)[C@@H]3C[C@]14O[C@H](c1ccccc1)OC[C@@]34CO2. The van der Waals surface area contributed by atoms with Gasteiger partial charge in [-0.15, -0.1) is 0 Å². The molecule has 0 amide bonds. The zero-order valence-corrected chi connectivity index (χ0v) is 12.1. The molecule has 112 valence electrons. The van der Waals surface area contributed by atoms with E-state index in [2.05, 4.69) is 6.92 Å². The average molecular weight is 288 g/mol. The maximum Gasteiger partial charge on any atom is 0.184 e. The third-order valence-corrected chi connectivity index (χ3v) is 6.46. The Labute approximate surface area is 124 Å². The normalized spacial score (nSPS) is 53.9. The van der Waals surface area contributed by atoms with E-state index < -0.39 is 5.60 Å². The summed E-state index contributed by atoms with van der Waals surface area (Å²) in [6.45, 7) is 3.36. The van der Waals surface area contributed by atoms with E-state index >= 15 is 0 Å². The van der Waals surface area contributed by atoms with Crippen LogP contribution in [-0.2, 0) is 14.2 Å². The number of hydrogen-bond donors (Lipinski definition) is 1. The predicted octanol–water partition coefficient (Wildman–Crippen LogP) is 2.03. The van der Waals surface area contributed by atoms with Crippen molar-refractivity contribution in [3.05, 3.63) is 35.9 Å². The van der Waals surface area contributed by atoms with Crippen molar-refractivity contribution in [3.8, 4) is 0 Å². The van der Waals surface area contributed by atoms with Crippen molar-refractivity contribution in [2.45, 2.75) is 43.4 Å². The number of hydrogen-bond acceptors (Lipinski definition) is 4. The standard InChI is InChI=1S/C17H20O4/c1-15-8-13(18)12-7-17(15)16(12,10-20-15)9-19-14(21-17)11-5-3-2-4-6-11/h2-6,12-14,18H,7-10H2,1H3/t12-,13+,14+,15-,16+,17-/m0/s1. The minimum atomic E-state index is -0.391. The lowest BCUT2D eigenvalue weighted by atomic mass is 9.40. The van der Waals surface area contributed by atoms with Crippen LogP contribution in [0.2, 0.25) is 0 Å². The van der Waals surface area contributed by atoms with Crippen LogP contribution in [0, 0.1) is 11.3 Å². The van der Waals surface area contributed by atoms with Gasteiger partial charge in [-0.25, -0.2) is 0 Å². The van der Waals surface area contributed by atoms with E-state index in [1.807, 2.05) is 30.3 Å². The molecule has 4 nitrogen and oxygen atoms in total. The first kappa shape index (κ1) is 12.6. The molecule has 1 spiro atoms. The van der Waals surface area contributed by atoms with Crippen LogP contribution >= 0.6 is 0 Å². The fraction of sp³-hybridized carbons (Fsp3) is 0.647. The van der Waals surface area contributed by atoms with Gasteiger partial charge in [-0.3, -0.25) is 0 Å². The molecule has 1 aromatic carbocycles. The highest BCUT2D eigenvalue weighted by Crippen LogP contribution is 2.74. The Hall–Kier alpha value is -0.940. The molecule has 21 heavy (non-hydrogen) atoms. The van der Waals surface area contributed by atoms with Crippen molar-refractivity contribution in [2.75, 3.05) is 13.2 Å². The largest absolute Gasteiger partial charge is 0.393 e. The average Bonchev–Trinajstić information content (AvgIpc) is 2.62. The molecule has 2 aliphatic heterocycles. The summed E-state index contributed by atoms with van der Waals surface area (Å²) in [6, 6.07) is 10.1. The second-order valence-corrected chi connectivity index (χ2v) is 7.26. The van der Waals surface area contributed by atoms with Gasteiger partial charge in [-0.2, -0.15) is 0 Å². The Kier molecular flexibility index (Phi) is 2.21.